The second-order valence-corrected chi connectivity index (χ2v) is 6.00. The van der Waals surface area contributed by atoms with Crippen molar-refractivity contribution in [3.05, 3.63) is 35.9 Å². The van der Waals surface area contributed by atoms with Crippen molar-refractivity contribution in [2.24, 2.45) is 5.92 Å². The zero-order valence-corrected chi connectivity index (χ0v) is 12.8. The third-order valence-corrected chi connectivity index (χ3v) is 3.87. The molecule has 1 unspecified atom stereocenters. The SMILES string of the molecule is CC(C)CCNC(=O)N1CCCC1C(=O)c1ccccc1. The molecule has 0 aromatic heterocycles. The maximum atomic E-state index is 12.5. The minimum absolute atomic E-state index is 0.0482. The van der Waals surface area contributed by atoms with Gasteiger partial charge in [-0.05, 0) is 25.2 Å². The Hall–Kier alpha value is -1.84. The third kappa shape index (κ3) is 4.06. The molecule has 114 valence electrons. The van der Waals surface area contributed by atoms with Crippen molar-refractivity contribution in [1.82, 2.24) is 10.2 Å². The number of carbonyl (C=O) groups excluding carboxylic acids is 2. The van der Waals surface area contributed by atoms with Gasteiger partial charge in [0.1, 0.15) is 0 Å². The lowest BCUT2D eigenvalue weighted by molar-refractivity contribution is 0.0887. The largest absolute Gasteiger partial charge is 0.338 e. The van der Waals surface area contributed by atoms with Gasteiger partial charge in [-0.15, -0.1) is 0 Å². The summed E-state index contributed by atoms with van der Waals surface area (Å²) in [6.45, 7) is 5.59. The van der Waals surface area contributed by atoms with Crippen LogP contribution < -0.4 is 5.32 Å². The summed E-state index contributed by atoms with van der Waals surface area (Å²) in [6, 6.07) is 8.81. The van der Waals surface area contributed by atoms with Gasteiger partial charge in [0, 0.05) is 18.7 Å². The fourth-order valence-electron chi connectivity index (χ4n) is 2.65. The van der Waals surface area contributed by atoms with Gasteiger partial charge in [0.05, 0.1) is 6.04 Å². The summed E-state index contributed by atoms with van der Waals surface area (Å²) in [5.74, 6) is 0.609. The lowest BCUT2D eigenvalue weighted by Crippen LogP contribution is -2.46. The first-order chi connectivity index (χ1) is 10.1. The van der Waals surface area contributed by atoms with Crippen LogP contribution in [0.3, 0.4) is 0 Å². The molecule has 0 saturated carbocycles. The molecule has 2 rings (SSSR count). The zero-order valence-electron chi connectivity index (χ0n) is 12.8. The van der Waals surface area contributed by atoms with Crippen LogP contribution in [0.5, 0.6) is 0 Å². The Morgan fingerprint density at radius 3 is 2.67 bits per heavy atom. The van der Waals surface area contributed by atoms with Crippen molar-refractivity contribution >= 4 is 11.8 Å². The quantitative estimate of drug-likeness (QED) is 0.846. The number of hydrogen-bond donors (Lipinski definition) is 1. The number of ketones is 1. The highest BCUT2D eigenvalue weighted by atomic mass is 16.2. The standard InChI is InChI=1S/C17H24N2O2/c1-13(2)10-11-18-17(21)19-12-6-9-15(19)16(20)14-7-4-3-5-8-14/h3-5,7-8,13,15H,6,9-12H2,1-2H3,(H,18,21). The Balaban J connectivity index is 1.96. The highest BCUT2D eigenvalue weighted by Gasteiger charge is 2.34. The number of Topliss-reactive ketones (excluding diaryl/α,β-unsaturated/α-hetero) is 1. The van der Waals surface area contributed by atoms with Crippen LogP contribution in [0, 0.1) is 5.92 Å². The van der Waals surface area contributed by atoms with Crippen LogP contribution in [0.15, 0.2) is 30.3 Å². The number of carbonyl (C=O) groups is 2. The summed E-state index contributed by atoms with van der Waals surface area (Å²) in [6.07, 6.45) is 2.60. The lowest BCUT2D eigenvalue weighted by Gasteiger charge is -2.24. The van der Waals surface area contributed by atoms with Crippen LogP contribution in [-0.2, 0) is 0 Å². The summed E-state index contributed by atoms with van der Waals surface area (Å²) in [4.78, 5) is 26.4. The topological polar surface area (TPSA) is 49.4 Å². The summed E-state index contributed by atoms with van der Waals surface area (Å²) in [7, 11) is 0. The molecule has 0 spiro atoms. The number of benzene rings is 1. The van der Waals surface area contributed by atoms with Gasteiger partial charge in [-0.25, -0.2) is 4.79 Å². The molecule has 1 fully saturated rings. The Bertz CT molecular complexity index is 485. The maximum absolute atomic E-state index is 12.5. The first-order valence-corrected chi connectivity index (χ1v) is 7.73. The molecular formula is C17H24N2O2. The molecule has 1 saturated heterocycles. The van der Waals surface area contributed by atoms with Crippen molar-refractivity contribution < 1.29 is 9.59 Å². The van der Waals surface area contributed by atoms with E-state index in [1.807, 2.05) is 30.3 Å². The van der Waals surface area contributed by atoms with Crippen LogP contribution >= 0.6 is 0 Å². The molecule has 4 nitrogen and oxygen atoms in total. The van der Waals surface area contributed by atoms with E-state index in [4.69, 9.17) is 0 Å². The fourth-order valence-corrected chi connectivity index (χ4v) is 2.65. The molecule has 1 heterocycles. The normalized spacial score (nSPS) is 18.0. The molecule has 1 atom stereocenters. The Labute approximate surface area is 126 Å². The molecule has 21 heavy (non-hydrogen) atoms. The van der Waals surface area contributed by atoms with Crippen molar-refractivity contribution in [3.63, 3.8) is 0 Å². The van der Waals surface area contributed by atoms with Gasteiger partial charge in [-0.1, -0.05) is 44.2 Å². The summed E-state index contributed by atoms with van der Waals surface area (Å²) in [5.41, 5.74) is 0.685. The summed E-state index contributed by atoms with van der Waals surface area (Å²) < 4.78 is 0. The van der Waals surface area contributed by atoms with Crippen molar-refractivity contribution in [2.75, 3.05) is 13.1 Å². The van der Waals surface area contributed by atoms with Crippen molar-refractivity contribution in [3.8, 4) is 0 Å². The summed E-state index contributed by atoms with van der Waals surface area (Å²) >= 11 is 0. The second kappa shape index (κ2) is 7.25. The number of rotatable bonds is 5. The molecular weight excluding hydrogens is 264 g/mol. The first kappa shape index (κ1) is 15.5. The van der Waals surface area contributed by atoms with Gasteiger partial charge in [-0.2, -0.15) is 0 Å². The zero-order chi connectivity index (χ0) is 15.2. The molecule has 4 heteroatoms. The van der Waals surface area contributed by atoms with E-state index >= 15 is 0 Å². The Kier molecular flexibility index (Phi) is 5.37. The number of urea groups is 1. The molecule has 1 N–H and O–H groups in total. The molecule has 1 aromatic rings. The van der Waals surface area contributed by atoms with Gasteiger partial charge in [0.25, 0.3) is 0 Å². The number of nitrogens with one attached hydrogen (secondary N) is 1. The summed E-state index contributed by atoms with van der Waals surface area (Å²) in [5, 5.41) is 2.93. The number of likely N-dealkylation sites (tertiary alicyclic amines) is 1. The minimum Gasteiger partial charge on any atom is -0.338 e. The van der Waals surface area contributed by atoms with Crippen LogP contribution in [0.1, 0.15) is 43.5 Å². The van der Waals surface area contributed by atoms with E-state index in [0.29, 0.717) is 24.6 Å². The second-order valence-electron chi connectivity index (χ2n) is 6.00. The first-order valence-electron chi connectivity index (χ1n) is 7.73. The molecule has 0 aliphatic carbocycles. The predicted molar refractivity (Wildman–Crippen MR) is 83.4 cm³/mol. The monoisotopic (exact) mass is 288 g/mol. The average Bonchev–Trinajstić information content (AvgIpc) is 2.96. The third-order valence-electron chi connectivity index (χ3n) is 3.87. The van der Waals surface area contributed by atoms with Gasteiger partial charge in [-0.3, -0.25) is 4.79 Å². The Morgan fingerprint density at radius 2 is 2.00 bits per heavy atom. The molecule has 1 aliphatic rings. The highest BCUT2D eigenvalue weighted by molar-refractivity contribution is 6.02. The molecule has 0 bridgehead atoms. The van der Waals surface area contributed by atoms with Crippen molar-refractivity contribution in [2.45, 2.75) is 39.2 Å². The lowest BCUT2D eigenvalue weighted by atomic mass is 10.0. The van der Waals surface area contributed by atoms with Crippen LogP contribution in [-0.4, -0.2) is 35.8 Å². The van der Waals surface area contributed by atoms with E-state index in [0.717, 1.165) is 19.3 Å². The van der Waals surface area contributed by atoms with Crippen LogP contribution in [0.25, 0.3) is 0 Å². The van der Waals surface area contributed by atoms with Gasteiger partial charge >= 0.3 is 6.03 Å². The number of nitrogens with zero attached hydrogens (tertiary/aromatic N) is 1. The predicted octanol–water partition coefficient (Wildman–Crippen LogP) is 3.09. The van der Waals surface area contributed by atoms with E-state index in [1.54, 1.807) is 4.90 Å². The molecule has 2 amide bonds. The van der Waals surface area contributed by atoms with Crippen LogP contribution in [0.2, 0.25) is 0 Å². The number of hydrogen-bond acceptors (Lipinski definition) is 2. The van der Waals surface area contributed by atoms with Gasteiger partial charge in [0.2, 0.25) is 0 Å². The molecule has 1 aromatic carbocycles. The van der Waals surface area contributed by atoms with Gasteiger partial charge < -0.3 is 10.2 Å². The van der Waals surface area contributed by atoms with E-state index in [9.17, 15) is 9.59 Å². The smallest absolute Gasteiger partial charge is 0.318 e. The highest BCUT2D eigenvalue weighted by Crippen LogP contribution is 2.21. The van der Waals surface area contributed by atoms with Crippen LogP contribution in [0.4, 0.5) is 4.79 Å². The van der Waals surface area contributed by atoms with E-state index < -0.39 is 0 Å². The molecule has 0 radical (unpaired) electrons. The minimum atomic E-state index is -0.313. The van der Waals surface area contributed by atoms with Gasteiger partial charge in [0.15, 0.2) is 5.78 Å². The van der Waals surface area contributed by atoms with E-state index in [-0.39, 0.29) is 17.9 Å². The van der Waals surface area contributed by atoms with E-state index in [1.165, 1.54) is 0 Å². The van der Waals surface area contributed by atoms with E-state index in [2.05, 4.69) is 19.2 Å². The molecule has 1 aliphatic heterocycles. The Morgan fingerprint density at radius 1 is 1.29 bits per heavy atom. The fraction of sp³-hybridized carbons (Fsp3) is 0.529. The number of amides is 2. The maximum Gasteiger partial charge on any atom is 0.318 e. The van der Waals surface area contributed by atoms with Crippen molar-refractivity contribution in [1.29, 1.82) is 0 Å². The average molecular weight is 288 g/mol.